The normalized spacial score (nSPS) is 10.5. The molecule has 3 rings (SSSR count). The van der Waals surface area contributed by atoms with Gasteiger partial charge in [-0.05, 0) is 53.7 Å². The predicted octanol–water partition coefficient (Wildman–Crippen LogP) is 5.58. The maximum absolute atomic E-state index is 13.1. The van der Waals surface area contributed by atoms with Crippen LogP contribution in [0, 0.1) is 5.82 Å². The van der Waals surface area contributed by atoms with E-state index in [1.165, 1.54) is 28.4 Å². The Morgan fingerprint density at radius 2 is 1.70 bits per heavy atom. The molecule has 0 aliphatic rings. The third-order valence-electron chi connectivity index (χ3n) is 3.66. The summed E-state index contributed by atoms with van der Waals surface area (Å²) in [6.07, 6.45) is 0. The summed E-state index contributed by atoms with van der Waals surface area (Å²) in [5.41, 5.74) is 1.44. The highest BCUT2D eigenvalue weighted by atomic mass is 32.2. The van der Waals surface area contributed by atoms with Gasteiger partial charge in [-0.15, -0.1) is 11.3 Å². The smallest absolute Gasteiger partial charge is 0.286 e. The lowest BCUT2D eigenvalue weighted by Gasteiger charge is -2.12. The molecule has 0 unspecified atom stereocenters. The average molecular weight is 401 g/mol. The first-order valence-electron chi connectivity index (χ1n) is 8.09. The van der Waals surface area contributed by atoms with Gasteiger partial charge in [-0.25, -0.2) is 4.39 Å². The van der Waals surface area contributed by atoms with Gasteiger partial charge in [0.15, 0.2) is 0 Å². The molecule has 0 saturated carbocycles. The minimum absolute atomic E-state index is 0.119. The molecule has 2 amide bonds. The standard InChI is InChI=1S/C20H17FN2O2S2/c1-23(2)20(25)27-17-6-4-3-5-15(17)22-19(24)18-12-11-16(26-18)13-7-9-14(21)10-8-13/h3-12H,1-2H3,(H,22,24). The number of carbonyl (C=O) groups excluding carboxylic acids is 2. The highest BCUT2D eigenvalue weighted by molar-refractivity contribution is 8.13. The molecule has 0 atom stereocenters. The third-order valence-corrected chi connectivity index (χ3v) is 5.90. The van der Waals surface area contributed by atoms with Gasteiger partial charge in [0, 0.05) is 23.9 Å². The van der Waals surface area contributed by atoms with Gasteiger partial charge in [0.25, 0.3) is 11.1 Å². The van der Waals surface area contributed by atoms with Crippen molar-refractivity contribution in [2.75, 3.05) is 19.4 Å². The second kappa shape index (κ2) is 8.37. The SMILES string of the molecule is CN(C)C(=O)Sc1ccccc1NC(=O)c1ccc(-c2ccc(F)cc2)s1. The van der Waals surface area contributed by atoms with Crippen molar-refractivity contribution in [1.82, 2.24) is 4.90 Å². The van der Waals surface area contributed by atoms with Crippen LogP contribution < -0.4 is 5.32 Å². The van der Waals surface area contributed by atoms with E-state index < -0.39 is 0 Å². The first-order valence-corrected chi connectivity index (χ1v) is 9.72. The Labute approximate surface area is 165 Å². The topological polar surface area (TPSA) is 49.4 Å². The summed E-state index contributed by atoms with van der Waals surface area (Å²) in [4.78, 5) is 28.2. The lowest BCUT2D eigenvalue weighted by Crippen LogP contribution is -2.17. The van der Waals surface area contributed by atoms with Crippen LogP contribution in [0.2, 0.25) is 0 Å². The number of anilines is 1. The number of hydrogen-bond acceptors (Lipinski definition) is 4. The predicted molar refractivity (Wildman–Crippen MR) is 109 cm³/mol. The number of carbonyl (C=O) groups is 2. The third kappa shape index (κ3) is 4.75. The van der Waals surface area contributed by atoms with E-state index in [1.807, 2.05) is 12.1 Å². The molecule has 1 N–H and O–H groups in total. The van der Waals surface area contributed by atoms with Crippen LogP contribution in [0.3, 0.4) is 0 Å². The van der Waals surface area contributed by atoms with Crippen molar-refractivity contribution >= 4 is 39.9 Å². The van der Waals surface area contributed by atoms with E-state index in [0.29, 0.717) is 15.5 Å². The number of thiophene rings is 1. The minimum atomic E-state index is -0.297. The molecule has 3 aromatic rings. The number of para-hydroxylation sites is 1. The molecule has 0 bridgehead atoms. The summed E-state index contributed by atoms with van der Waals surface area (Å²) in [5.74, 6) is -0.548. The van der Waals surface area contributed by atoms with Gasteiger partial charge in [0.2, 0.25) is 0 Å². The van der Waals surface area contributed by atoms with Crippen molar-refractivity contribution in [3.05, 3.63) is 71.4 Å². The van der Waals surface area contributed by atoms with Crippen LogP contribution in [0.25, 0.3) is 10.4 Å². The molecule has 0 aliphatic heterocycles. The number of nitrogens with one attached hydrogen (secondary N) is 1. The summed E-state index contributed by atoms with van der Waals surface area (Å²) in [6.45, 7) is 0. The molecule has 2 aromatic carbocycles. The molecule has 27 heavy (non-hydrogen) atoms. The molecule has 1 aromatic heterocycles. The van der Waals surface area contributed by atoms with E-state index in [0.717, 1.165) is 22.2 Å². The quantitative estimate of drug-likeness (QED) is 0.582. The second-order valence-electron chi connectivity index (χ2n) is 5.88. The van der Waals surface area contributed by atoms with Crippen molar-refractivity contribution < 1.29 is 14.0 Å². The van der Waals surface area contributed by atoms with Crippen molar-refractivity contribution in [2.45, 2.75) is 4.90 Å². The molecule has 1 heterocycles. The number of amides is 2. The van der Waals surface area contributed by atoms with Gasteiger partial charge >= 0.3 is 0 Å². The second-order valence-corrected chi connectivity index (χ2v) is 7.96. The van der Waals surface area contributed by atoms with E-state index in [1.54, 1.807) is 50.5 Å². The molecular weight excluding hydrogens is 383 g/mol. The van der Waals surface area contributed by atoms with Crippen molar-refractivity contribution in [3.63, 3.8) is 0 Å². The number of rotatable bonds is 4. The van der Waals surface area contributed by atoms with Crippen LogP contribution in [0.15, 0.2) is 65.6 Å². The maximum Gasteiger partial charge on any atom is 0.286 e. The monoisotopic (exact) mass is 400 g/mol. The number of nitrogens with zero attached hydrogens (tertiary/aromatic N) is 1. The minimum Gasteiger partial charge on any atom is -0.339 e. The maximum atomic E-state index is 13.1. The van der Waals surface area contributed by atoms with E-state index in [9.17, 15) is 14.0 Å². The highest BCUT2D eigenvalue weighted by Gasteiger charge is 2.15. The summed E-state index contributed by atoms with van der Waals surface area (Å²) in [5, 5.41) is 2.75. The summed E-state index contributed by atoms with van der Waals surface area (Å²) in [6, 6.07) is 16.9. The fourth-order valence-corrected chi connectivity index (χ4v) is 3.91. The number of thioether (sulfide) groups is 1. The Morgan fingerprint density at radius 3 is 2.41 bits per heavy atom. The van der Waals surface area contributed by atoms with Crippen molar-refractivity contribution in [2.24, 2.45) is 0 Å². The first-order chi connectivity index (χ1) is 12.9. The molecule has 4 nitrogen and oxygen atoms in total. The molecule has 7 heteroatoms. The fraction of sp³-hybridized carbons (Fsp3) is 0.100. The first kappa shape index (κ1) is 19.1. The molecule has 0 spiro atoms. The van der Waals surface area contributed by atoms with Gasteiger partial charge in [0.1, 0.15) is 5.82 Å². The zero-order valence-corrected chi connectivity index (χ0v) is 16.4. The largest absolute Gasteiger partial charge is 0.339 e. The van der Waals surface area contributed by atoms with Crippen LogP contribution in [-0.2, 0) is 0 Å². The average Bonchev–Trinajstić information content (AvgIpc) is 3.14. The van der Waals surface area contributed by atoms with E-state index in [4.69, 9.17) is 0 Å². The lowest BCUT2D eigenvalue weighted by atomic mass is 10.2. The van der Waals surface area contributed by atoms with Crippen LogP contribution in [0.4, 0.5) is 14.9 Å². The van der Waals surface area contributed by atoms with E-state index in [-0.39, 0.29) is 17.0 Å². The van der Waals surface area contributed by atoms with Gasteiger partial charge in [-0.2, -0.15) is 0 Å². The Hall–Kier alpha value is -2.64. The van der Waals surface area contributed by atoms with Gasteiger partial charge in [-0.1, -0.05) is 24.3 Å². The van der Waals surface area contributed by atoms with Gasteiger partial charge in [0.05, 0.1) is 10.6 Å². The molecular formula is C20H17FN2O2S2. The van der Waals surface area contributed by atoms with Crippen LogP contribution in [0.1, 0.15) is 9.67 Å². The van der Waals surface area contributed by atoms with Crippen molar-refractivity contribution in [1.29, 1.82) is 0 Å². The molecule has 0 radical (unpaired) electrons. The summed E-state index contributed by atoms with van der Waals surface area (Å²) in [7, 11) is 3.36. The number of benzene rings is 2. The lowest BCUT2D eigenvalue weighted by molar-refractivity contribution is 0.103. The molecule has 138 valence electrons. The van der Waals surface area contributed by atoms with Crippen LogP contribution in [0.5, 0.6) is 0 Å². The molecule has 0 aliphatic carbocycles. The summed E-state index contributed by atoms with van der Waals surface area (Å²) < 4.78 is 13.1. The van der Waals surface area contributed by atoms with Crippen molar-refractivity contribution in [3.8, 4) is 10.4 Å². The van der Waals surface area contributed by atoms with Gasteiger partial charge < -0.3 is 10.2 Å². The van der Waals surface area contributed by atoms with Crippen LogP contribution >= 0.6 is 23.1 Å². The Morgan fingerprint density at radius 1 is 1.00 bits per heavy atom. The number of halogens is 1. The van der Waals surface area contributed by atoms with Gasteiger partial charge in [-0.3, -0.25) is 9.59 Å². The fourth-order valence-electron chi connectivity index (χ4n) is 2.26. The Bertz CT molecular complexity index is 968. The zero-order valence-electron chi connectivity index (χ0n) is 14.7. The number of hydrogen-bond donors (Lipinski definition) is 1. The van der Waals surface area contributed by atoms with Crippen LogP contribution in [-0.4, -0.2) is 30.1 Å². The molecule has 0 saturated heterocycles. The Kier molecular flexibility index (Phi) is 5.93. The van der Waals surface area contributed by atoms with E-state index in [2.05, 4.69) is 5.32 Å². The van der Waals surface area contributed by atoms with E-state index >= 15 is 0 Å². The zero-order chi connectivity index (χ0) is 19.4. The summed E-state index contributed by atoms with van der Waals surface area (Å²) >= 11 is 2.39. The Balaban J connectivity index is 1.77. The highest BCUT2D eigenvalue weighted by Crippen LogP contribution is 2.31. The molecule has 0 fully saturated rings.